The Bertz CT molecular complexity index is 184. The van der Waals surface area contributed by atoms with Crippen molar-refractivity contribution in [2.75, 3.05) is 6.26 Å². The summed E-state index contributed by atoms with van der Waals surface area (Å²) in [5.41, 5.74) is 0.966. The smallest absolute Gasteiger partial charge is 0.114 e. The van der Waals surface area contributed by atoms with E-state index in [9.17, 15) is 0 Å². The third-order valence-electron chi connectivity index (χ3n) is 0.966. The second-order valence-corrected chi connectivity index (χ2v) is 2.53. The number of hydrogen-bond donors (Lipinski definition) is 0. The summed E-state index contributed by atoms with van der Waals surface area (Å²) in [5.74, 6) is 0. The minimum absolute atomic E-state index is 0.966. The highest BCUT2D eigenvalue weighted by Gasteiger charge is 1.88. The first-order chi connectivity index (χ1) is 5.33. The quantitative estimate of drug-likeness (QED) is 0.606. The average molecular weight is 170 g/mol. The van der Waals surface area contributed by atoms with E-state index in [-0.39, 0.29) is 0 Å². The van der Waals surface area contributed by atoms with Crippen LogP contribution in [0.3, 0.4) is 0 Å². The van der Waals surface area contributed by atoms with Crippen molar-refractivity contribution in [3.8, 4) is 0 Å². The van der Waals surface area contributed by atoms with Crippen LogP contribution in [0.4, 0.5) is 0 Å². The fraction of sp³-hybridized carbons (Fsp3) is 0.500. The Hall–Kier alpha value is -0.570. The highest BCUT2D eigenvalue weighted by molar-refractivity contribution is 7.98. The van der Waals surface area contributed by atoms with Crippen LogP contribution in [0.25, 0.3) is 0 Å². The minimum Gasteiger partial charge on any atom is -0.257 e. The zero-order chi connectivity index (χ0) is 8.69. The van der Waals surface area contributed by atoms with Gasteiger partial charge in [0.05, 0.1) is 11.9 Å². The van der Waals surface area contributed by atoms with Crippen molar-refractivity contribution in [2.45, 2.75) is 25.8 Å². The Balaban J connectivity index is 0.000000461. The Labute approximate surface area is 72.5 Å². The lowest BCUT2D eigenvalue weighted by Gasteiger charge is -1.92. The maximum Gasteiger partial charge on any atom is 0.114 e. The SMILES string of the molecule is CC.CSc1cnc(C)cn1. The van der Waals surface area contributed by atoms with Gasteiger partial charge in [-0.3, -0.25) is 4.98 Å². The van der Waals surface area contributed by atoms with E-state index in [1.165, 1.54) is 0 Å². The van der Waals surface area contributed by atoms with Crippen molar-refractivity contribution in [1.82, 2.24) is 9.97 Å². The lowest BCUT2D eigenvalue weighted by atomic mass is 10.5. The van der Waals surface area contributed by atoms with Crippen molar-refractivity contribution < 1.29 is 0 Å². The molecule has 1 aromatic rings. The predicted molar refractivity (Wildman–Crippen MR) is 49.9 cm³/mol. The molecule has 0 aliphatic rings. The van der Waals surface area contributed by atoms with Crippen LogP contribution in [-0.4, -0.2) is 16.2 Å². The normalized spacial score (nSPS) is 8.36. The highest BCUT2D eigenvalue weighted by Crippen LogP contribution is 2.07. The molecule has 0 bridgehead atoms. The minimum atomic E-state index is 0.966. The van der Waals surface area contributed by atoms with Crippen LogP contribution in [0.15, 0.2) is 17.4 Å². The largest absolute Gasteiger partial charge is 0.257 e. The van der Waals surface area contributed by atoms with Gasteiger partial charge in [0, 0.05) is 6.20 Å². The third kappa shape index (κ3) is 3.98. The van der Waals surface area contributed by atoms with E-state index in [0.717, 1.165) is 10.7 Å². The van der Waals surface area contributed by atoms with Gasteiger partial charge < -0.3 is 0 Å². The molecule has 1 rings (SSSR count). The first-order valence-corrected chi connectivity index (χ1v) is 4.88. The summed E-state index contributed by atoms with van der Waals surface area (Å²) < 4.78 is 0. The molecule has 1 aromatic heterocycles. The van der Waals surface area contributed by atoms with Crippen molar-refractivity contribution in [3.05, 3.63) is 18.1 Å². The molecule has 0 saturated carbocycles. The van der Waals surface area contributed by atoms with Crippen molar-refractivity contribution >= 4 is 11.8 Å². The van der Waals surface area contributed by atoms with Gasteiger partial charge >= 0.3 is 0 Å². The molecule has 62 valence electrons. The van der Waals surface area contributed by atoms with Crippen molar-refractivity contribution in [1.29, 1.82) is 0 Å². The zero-order valence-electron chi connectivity index (χ0n) is 7.46. The molecule has 11 heavy (non-hydrogen) atoms. The molecule has 3 heteroatoms. The molecule has 0 saturated heterocycles. The molecule has 0 aromatic carbocycles. The number of nitrogens with zero attached hydrogens (tertiary/aromatic N) is 2. The van der Waals surface area contributed by atoms with E-state index < -0.39 is 0 Å². The second-order valence-electron chi connectivity index (χ2n) is 1.70. The summed E-state index contributed by atoms with van der Waals surface area (Å²) in [7, 11) is 0. The van der Waals surface area contributed by atoms with E-state index in [4.69, 9.17) is 0 Å². The molecule has 0 fully saturated rings. The fourth-order valence-electron chi connectivity index (χ4n) is 0.486. The van der Waals surface area contributed by atoms with Gasteiger partial charge in [-0.05, 0) is 13.2 Å². The molecule has 0 N–H and O–H groups in total. The van der Waals surface area contributed by atoms with Crippen LogP contribution in [-0.2, 0) is 0 Å². The van der Waals surface area contributed by atoms with Crippen LogP contribution in [0.5, 0.6) is 0 Å². The maximum atomic E-state index is 4.10. The second kappa shape index (κ2) is 6.16. The number of hydrogen-bond acceptors (Lipinski definition) is 3. The van der Waals surface area contributed by atoms with E-state index in [1.807, 2.05) is 27.0 Å². The van der Waals surface area contributed by atoms with E-state index in [0.29, 0.717) is 0 Å². The Morgan fingerprint density at radius 2 is 1.82 bits per heavy atom. The van der Waals surface area contributed by atoms with Gasteiger partial charge in [0.15, 0.2) is 0 Å². The van der Waals surface area contributed by atoms with Crippen LogP contribution < -0.4 is 0 Å². The topological polar surface area (TPSA) is 25.8 Å². The number of thioether (sulfide) groups is 1. The third-order valence-corrected chi connectivity index (χ3v) is 1.60. The van der Waals surface area contributed by atoms with Crippen LogP contribution >= 0.6 is 11.8 Å². The molecule has 0 aliphatic carbocycles. The predicted octanol–water partition coefficient (Wildman–Crippen LogP) is 2.53. The van der Waals surface area contributed by atoms with Gasteiger partial charge in [-0.15, -0.1) is 11.8 Å². The average Bonchev–Trinajstić information content (AvgIpc) is 2.10. The number of aromatic nitrogens is 2. The summed E-state index contributed by atoms with van der Waals surface area (Å²) in [6, 6.07) is 0. The van der Waals surface area contributed by atoms with E-state index in [1.54, 1.807) is 24.2 Å². The molecule has 0 spiro atoms. The molecule has 0 amide bonds. The summed E-state index contributed by atoms with van der Waals surface area (Å²) in [6.07, 6.45) is 5.53. The van der Waals surface area contributed by atoms with Gasteiger partial charge in [-0.2, -0.15) is 0 Å². The standard InChI is InChI=1S/C6H8N2S.C2H6/c1-5-3-8-6(9-2)4-7-5;1-2/h3-4H,1-2H3;1-2H3. The van der Waals surface area contributed by atoms with Crippen LogP contribution in [0.1, 0.15) is 19.5 Å². The lowest BCUT2D eigenvalue weighted by molar-refractivity contribution is 1.01. The van der Waals surface area contributed by atoms with Gasteiger partial charge in [0.25, 0.3) is 0 Å². The zero-order valence-corrected chi connectivity index (χ0v) is 8.27. The van der Waals surface area contributed by atoms with E-state index >= 15 is 0 Å². The highest BCUT2D eigenvalue weighted by atomic mass is 32.2. The molecule has 0 unspecified atom stereocenters. The molecular formula is C8H14N2S. The van der Waals surface area contributed by atoms with Crippen molar-refractivity contribution in [3.63, 3.8) is 0 Å². The molecule has 0 atom stereocenters. The molecule has 2 nitrogen and oxygen atoms in total. The molecule has 0 radical (unpaired) electrons. The van der Waals surface area contributed by atoms with Gasteiger partial charge in [0.2, 0.25) is 0 Å². The Morgan fingerprint density at radius 1 is 1.18 bits per heavy atom. The van der Waals surface area contributed by atoms with Crippen LogP contribution in [0, 0.1) is 6.92 Å². The van der Waals surface area contributed by atoms with Gasteiger partial charge in [0.1, 0.15) is 5.03 Å². The summed E-state index contributed by atoms with van der Waals surface area (Å²) in [4.78, 5) is 8.16. The van der Waals surface area contributed by atoms with E-state index in [2.05, 4.69) is 9.97 Å². The van der Waals surface area contributed by atoms with Gasteiger partial charge in [-0.25, -0.2) is 4.98 Å². The molecular weight excluding hydrogens is 156 g/mol. The Kier molecular flexibility index (Phi) is 5.84. The fourth-order valence-corrected chi connectivity index (χ4v) is 0.802. The summed E-state index contributed by atoms with van der Waals surface area (Å²) in [5, 5.41) is 0.973. The van der Waals surface area contributed by atoms with Crippen LogP contribution in [0.2, 0.25) is 0 Å². The number of aryl methyl sites for hydroxylation is 1. The lowest BCUT2D eigenvalue weighted by Crippen LogP contribution is -1.83. The Morgan fingerprint density at radius 3 is 2.18 bits per heavy atom. The first-order valence-electron chi connectivity index (χ1n) is 3.65. The van der Waals surface area contributed by atoms with Gasteiger partial charge in [-0.1, -0.05) is 13.8 Å². The molecule has 1 heterocycles. The number of rotatable bonds is 1. The summed E-state index contributed by atoms with van der Waals surface area (Å²) >= 11 is 1.60. The maximum absolute atomic E-state index is 4.10. The monoisotopic (exact) mass is 170 g/mol. The van der Waals surface area contributed by atoms with Crippen molar-refractivity contribution in [2.24, 2.45) is 0 Å². The first kappa shape index (κ1) is 10.4. The summed E-state index contributed by atoms with van der Waals surface area (Å²) in [6.45, 7) is 5.93. The molecule has 0 aliphatic heterocycles.